The molecule has 17 heavy (non-hydrogen) atoms. The minimum Gasteiger partial charge on any atom is -0.353 e. The van der Waals surface area contributed by atoms with Crippen LogP contribution in [0, 0.1) is 0 Å². The van der Waals surface area contributed by atoms with Crippen molar-refractivity contribution < 1.29 is 13.2 Å². The zero-order valence-corrected chi connectivity index (χ0v) is 11.4. The lowest BCUT2D eigenvalue weighted by atomic mass is 10.2. The molecule has 0 radical (unpaired) electrons. The molecule has 0 aliphatic carbocycles. The van der Waals surface area contributed by atoms with E-state index in [1.165, 1.54) is 6.07 Å². The van der Waals surface area contributed by atoms with E-state index >= 15 is 0 Å². The molecule has 7 heteroatoms. The molecule has 0 bridgehead atoms. The largest absolute Gasteiger partial charge is 0.353 e. The second-order valence-electron chi connectivity index (χ2n) is 3.63. The van der Waals surface area contributed by atoms with Gasteiger partial charge in [0.2, 0.25) is 5.91 Å². The number of sulfonamides is 1. The van der Waals surface area contributed by atoms with E-state index in [0.717, 1.165) is 17.8 Å². The lowest BCUT2D eigenvalue weighted by Gasteiger charge is -2.11. The van der Waals surface area contributed by atoms with Crippen LogP contribution in [0.3, 0.4) is 0 Å². The van der Waals surface area contributed by atoms with E-state index in [1.54, 1.807) is 11.4 Å². The van der Waals surface area contributed by atoms with E-state index in [9.17, 15) is 13.2 Å². The Balaban J connectivity index is 2.49. The number of nitrogens with one attached hydrogen (secondary N) is 2. The maximum absolute atomic E-state index is 11.7. The summed E-state index contributed by atoms with van der Waals surface area (Å²) in [6, 6.07) is 3.20. The first-order valence-corrected chi connectivity index (χ1v) is 7.64. The summed E-state index contributed by atoms with van der Waals surface area (Å²) in [5.74, 6) is -0.320. The summed E-state index contributed by atoms with van der Waals surface area (Å²) >= 11 is 1.12. The van der Waals surface area contributed by atoms with Crippen LogP contribution in [0.25, 0.3) is 0 Å². The first-order valence-electron chi connectivity index (χ1n) is 5.28. The lowest BCUT2D eigenvalue weighted by Crippen LogP contribution is -2.40. The fourth-order valence-corrected chi connectivity index (χ4v) is 3.10. The van der Waals surface area contributed by atoms with Crippen LogP contribution in [0.1, 0.15) is 20.3 Å². The third kappa shape index (κ3) is 4.45. The van der Waals surface area contributed by atoms with Gasteiger partial charge in [0.15, 0.2) is 0 Å². The third-order valence-corrected chi connectivity index (χ3v) is 5.00. The van der Waals surface area contributed by atoms with Crippen LogP contribution in [-0.4, -0.2) is 26.9 Å². The number of hydrogen-bond acceptors (Lipinski definition) is 4. The quantitative estimate of drug-likeness (QED) is 0.812. The standard InChI is InChI=1S/C10H16N2O3S2/c1-3-8(2)12-9(13)7-11-17(14,15)10-5-4-6-16-10/h4-6,8,11H,3,7H2,1-2H3,(H,12,13)/t8-/m0/s1. The molecule has 5 nitrogen and oxygen atoms in total. The van der Waals surface area contributed by atoms with E-state index in [-0.39, 0.29) is 22.7 Å². The smallest absolute Gasteiger partial charge is 0.250 e. The van der Waals surface area contributed by atoms with E-state index < -0.39 is 10.0 Å². The summed E-state index contributed by atoms with van der Waals surface area (Å²) in [5.41, 5.74) is 0. The van der Waals surface area contributed by atoms with Crippen LogP contribution in [0.4, 0.5) is 0 Å². The molecule has 2 N–H and O–H groups in total. The van der Waals surface area contributed by atoms with Gasteiger partial charge in [0.25, 0.3) is 10.0 Å². The fourth-order valence-electron chi connectivity index (χ4n) is 1.08. The number of amides is 1. The van der Waals surface area contributed by atoms with E-state index in [4.69, 9.17) is 0 Å². The predicted molar refractivity (Wildman–Crippen MR) is 67.4 cm³/mol. The molecule has 96 valence electrons. The zero-order chi connectivity index (χ0) is 12.9. The summed E-state index contributed by atoms with van der Waals surface area (Å²) in [6.07, 6.45) is 0.809. The summed E-state index contributed by atoms with van der Waals surface area (Å²) in [4.78, 5) is 11.4. The van der Waals surface area contributed by atoms with E-state index in [2.05, 4.69) is 10.0 Å². The minimum atomic E-state index is -3.55. The Morgan fingerprint density at radius 2 is 2.24 bits per heavy atom. The van der Waals surface area contributed by atoms with Crippen molar-refractivity contribution in [2.24, 2.45) is 0 Å². The summed E-state index contributed by atoms with van der Waals surface area (Å²) in [5, 5.41) is 4.36. The highest BCUT2D eigenvalue weighted by molar-refractivity contribution is 7.91. The Bertz CT molecular complexity index is 454. The molecule has 0 saturated carbocycles. The van der Waals surface area contributed by atoms with Crippen molar-refractivity contribution in [3.63, 3.8) is 0 Å². The van der Waals surface area contributed by atoms with Gasteiger partial charge in [0.1, 0.15) is 4.21 Å². The Morgan fingerprint density at radius 3 is 2.76 bits per heavy atom. The second-order valence-corrected chi connectivity index (χ2v) is 6.57. The molecule has 1 amide bonds. The Morgan fingerprint density at radius 1 is 1.53 bits per heavy atom. The molecular weight excluding hydrogens is 260 g/mol. The summed E-state index contributed by atoms with van der Waals surface area (Å²) in [7, 11) is -3.55. The maximum atomic E-state index is 11.7. The molecular formula is C10H16N2O3S2. The second kappa shape index (κ2) is 6.13. The average molecular weight is 276 g/mol. The topological polar surface area (TPSA) is 75.3 Å². The summed E-state index contributed by atoms with van der Waals surface area (Å²) in [6.45, 7) is 3.58. The molecule has 0 aromatic carbocycles. The van der Waals surface area contributed by atoms with Crippen LogP contribution >= 0.6 is 11.3 Å². The van der Waals surface area contributed by atoms with Gasteiger partial charge in [-0.3, -0.25) is 4.79 Å². The Kier molecular flexibility index (Phi) is 5.10. The molecule has 1 atom stereocenters. The van der Waals surface area contributed by atoms with Crippen molar-refractivity contribution in [2.75, 3.05) is 6.54 Å². The van der Waals surface area contributed by atoms with Crippen LogP contribution in [0.2, 0.25) is 0 Å². The predicted octanol–water partition coefficient (Wildman–Crippen LogP) is 0.941. The van der Waals surface area contributed by atoms with Crippen LogP contribution < -0.4 is 10.0 Å². The zero-order valence-electron chi connectivity index (χ0n) is 9.76. The molecule has 1 heterocycles. The van der Waals surface area contributed by atoms with Crippen molar-refractivity contribution in [3.8, 4) is 0 Å². The number of thiophene rings is 1. The van der Waals surface area contributed by atoms with Crippen LogP contribution in [0.15, 0.2) is 21.7 Å². The van der Waals surface area contributed by atoms with Gasteiger partial charge in [-0.1, -0.05) is 13.0 Å². The van der Waals surface area contributed by atoms with Crippen molar-refractivity contribution in [1.82, 2.24) is 10.0 Å². The van der Waals surface area contributed by atoms with Crippen molar-refractivity contribution in [1.29, 1.82) is 0 Å². The SMILES string of the molecule is CC[C@H](C)NC(=O)CNS(=O)(=O)c1cccs1. The van der Waals surface area contributed by atoms with Gasteiger partial charge in [0.05, 0.1) is 6.54 Å². The van der Waals surface area contributed by atoms with Gasteiger partial charge >= 0.3 is 0 Å². The van der Waals surface area contributed by atoms with E-state index in [1.807, 2.05) is 13.8 Å². The first kappa shape index (κ1) is 14.1. The highest BCUT2D eigenvalue weighted by atomic mass is 32.2. The molecule has 1 aromatic rings. The summed E-state index contributed by atoms with van der Waals surface area (Å²) < 4.78 is 25.8. The van der Waals surface area contributed by atoms with Gasteiger partial charge in [-0.25, -0.2) is 13.1 Å². The molecule has 0 saturated heterocycles. The fraction of sp³-hybridized carbons (Fsp3) is 0.500. The van der Waals surface area contributed by atoms with Crippen molar-refractivity contribution in [2.45, 2.75) is 30.5 Å². The number of carbonyl (C=O) groups excluding carboxylic acids is 1. The molecule has 1 rings (SSSR count). The van der Waals surface area contributed by atoms with E-state index in [0.29, 0.717) is 0 Å². The Hall–Kier alpha value is -0.920. The monoisotopic (exact) mass is 276 g/mol. The van der Waals surface area contributed by atoms with Gasteiger partial charge in [-0.05, 0) is 24.8 Å². The minimum absolute atomic E-state index is 0.0498. The molecule has 0 spiro atoms. The third-order valence-electron chi connectivity index (χ3n) is 2.20. The van der Waals surface area contributed by atoms with Gasteiger partial charge < -0.3 is 5.32 Å². The molecule has 1 aromatic heterocycles. The average Bonchev–Trinajstić information content (AvgIpc) is 2.80. The van der Waals surface area contributed by atoms with Crippen LogP contribution in [0.5, 0.6) is 0 Å². The molecule has 0 aliphatic rings. The molecule has 0 unspecified atom stereocenters. The highest BCUT2D eigenvalue weighted by Crippen LogP contribution is 2.14. The molecule has 0 aliphatic heterocycles. The first-order chi connectivity index (χ1) is 7.95. The highest BCUT2D eigenvalue weighted by Gasteiger charge is 2.16. The van der Waals surface area contributed by atoms with Crippen LogP contribution in [-0.2, 0) is 14.8 Å². The van der Waals surface area contributed by atoms with Gasteiger partial charge in [-0.2, -0.15) is 0 Å². The number of rotatable bonds is 6. The maximum Gasteiger partial charge on any atom is 0.250 e. The number of hydrogen-bond donors (Lipinski definition) is 2. The normalized spacial score (nSPS) is 13.3. The van der Waals surface area contributed by atoms with Gasteiger partial charge in [-0.15, -0.1) is 11.3 Å². The molecule has 0 fully saturated rings. The number of carbonyl (C=O) groups is 1. The Labute approximate surface area is 105 Å². The van der Waals surface area contributed by atoms with Gasteiger partial charge in [0, 0.05) is 6.04 Å². The van der Waals surface area contributed by atoms with Crippen molar-refractivity contribution in [3.05, 3.63) is 17.5 Å². The van der Waals surface area contributed by atoms with Crippen molar-refractivity contribution >= 4 is 27.3 Å². The lowest BCUT2D eigenvalue weighted by molar-refractivity contribution is -0.120.